The quantitative estimate of drug-likeness (QED) is 0.754. The van der Waals surface area contributed by atoms with Crippen molar-refractivity contribution < 1.29 is 18.3 Å². The van der Waals surface area contributed by atoms with E-state index in [1.54, 1.807) is 6.92 Å². The largest absolute Gasteiger partial charge is 0.465 e. The number of pyridine rings is 1. The van der Waals surface area contributed by atoms with E-state index in [1.165, 1.54) is 4.68 Å². The number of esters is 1. The van der Waals surface area contributed by atoms with Gasteiger partial charge in [-0.2, -0.15) is 5.10 Å². The number of benzene rings is 1. The lowest BCUT2D eigenvalue weighted by molar-refractivity contribution is 0.0597. The lowest BCUT2D eigenvalue weighted by atomic mass is 10.0. The fourth-order valence-corrected chi connectivity index (χ4v) is 2.45. The van der Waals surface area contributed by atoms with Gasteiger partial charge in [0.05, 0.1) is 23.7 Å². The van der Waals surface area contributed by atoms with Gasteiger partial charge in [0.1, 0.15) is 5.56 Å². The second-order valence-electron chi connectivity index (χ2n) is 4.75. The first-order chi connectivity index (χ1) is 9.93. The summed E-state index contributed by atoms with van der Waals surface area (Å²) in [6, 6.07) is 1.68. The van der Waals surface area contributed by atoms with Crippen molar-refractivity contribution in [1.29, 1.82) is 0 Å². The van der Waals surface area contributed by atoms with E-state index >= 15 is 0 Å². The number of carbonyl (C=O) groups is 1. The van der Waals surface area contributed by atoms with Crippen LogP contribution in [0.3, 0.4) is 0 Å². The lowest BCUT2D eigenvalue weighted by Gasteiger charge is -2.11. The zero-order valence-electron chi connectivity index (χ0n) is 11.2. The molecule has 1 aliphatic heterocycles. The summed E-state index contributed by atoms with van der Waals surface area (Å²) in [6.45, 7) is 1.71. The summed E-state index contributed by atoms with van der Waals surface area (Å²) in [4.78, 5) is 24.2. The zero-order valence-corrected chi connectivity index (χ0v) is 11.2. The molecule has 7 heteroatoms. The number of aromatic nitrogens is 1. The Bertz CT molecular complexity index is 884. The molecule has 0 aliphatic carbocycles. The van der Waals surface area contributed by atoms with Gasteiger partial charge in [-0.1, -0.05) is 0 Å². The molecule has 2 heterocycles. The molecule has 0 atom stereocenters. The van der Waals surface area contributed by atoms with Crippen LogP contribution >= 0.6 is 0 Å². The van der Waals surface area contributed by atoms with Crippen molar-refractivity contribution in [1.82, 2.24) is 4.68 Å². The van der Waals surface area contributed by atoms with Gasteiger partial charge in [-0.25, -0.2) is 18.3 Å². The van der Waals surface area contributed by atoms with Crippen LogP contribution in [0.5, 0.6) is 0 Å². The van der Waals surface area contributed by atoms with Gasteiger partial charge in [0.2, 0.25) is 5.43 Å². The number of rotatable bonds is 1. The van der Waals surface area contributed by atoms with Crippen molar-refractivity contribution in [3.8, 4) is 0 Å². The summed E-state index contributed by atoms with van der Waals surface area (Å²) in [5.74, 6) is -3.06. The number of methoxy groups -OCH3 is 1. The van der Waals surface area contributed by atoms with E-state index in [-0.39, 0.29) is 22.9 Å². The molecule has 1 aromatic carbocycles. The molecule has 0 amide bonds. The van der Waals surface area contributed by atoms with E-state index in [1.807, 2.05) is 0 Å². The summed E-state index contributed by atoms with van der Waals surface area (Å²) in [7, 11) is 1.15. The summed E-state index contributed by atoms with van der Waals surface area (Å²) < 4.78 is 32.7. The van der Waals surface area contributed by atoms with Crippen LogP contribution in [-0.4, -0.2) is 23.5 Å². The number of carbonyl (C=O) groups excluding carboxylic acids is 1. The first kappa shape index (κ1) is 13.4. The van der Waals surface area contributed by atoms with Crippen molar-refractivity contribution in [3.05, 3.63) is 45.2 Å². The van der Waals surface area contributed by atoms with Crippen LogP contribution < -0.4 is 5.43 Å². The predicted molar refractivity (Wildman–Crippen MR) is 71.7 cm³/mol. The molecule has 0 fully saturated rings. The molecule has 108 valence electrons. The Kier molecular flexibility index (Phi) is 2.86. The van der Waals surface area contributed by atoms with Crippen molar-refractivity contribution in [2.45, 2.75) is 13.3 Å². The van der Waals surface area contributed by atoms with Gasteiger partial charge in [-0.3, -0.25) is 4.79 Å². The minimum Gasteiger partial charge on any atom is -0.465 e. The number of halogens is 2. The van der Waals surface area contributed by atoms with Gasteiger partial charge in [0.15, 0.2) is 11.6 Å². The van der Waals surface area contributed by atoms with Crippen molar-refractivity contribution in [2.75, 3.05) is 7.11 Å². The predicted octanol–water partition coefficient (Wildman–Crippen LogP) is 1.85. The Morgan fingerprint density at radius 3 is 2.67 bits per heavy atom. The second kappa shape index (κ2) is 4.47. The molecular formula is C14H10F2N2O3. The monoisotopic (exact) mass is 292 g/mol. The van der Waals surface area contributed by atoms with Gasteiger partial charge >= 0.3 is 5.97 Å². The second-order valence-corrected chi connectivity index (χ2v) is 4.75. The maximum absolute atomic E-state index is 13.4. The third-order valence-corrected chi connectivity index (χ3v) is 3.37. The van der Waals surface area contributed by atoms with Crippen molar-refractivity contribution in [3.63, 3.8) is 0 Å². The SMILES string of the molecule is COC(=O)c1c2n(c3cc(F)c(F)cc3c1=O)N=C(C)C2. The van der Waals surface area contributed by atoms with Crippen molar-refractivity contribution in [2.24, 2.45) is 5.10 Å². The van der Waals surface area contributed by atoms with Crippen LogP contribution in [0.2, 0.25) is 0 Å². The molecule has 0 saturated carbocycles. The van der Waals surface area contributed by atoms with Crippen LogP contribution in [0.4, 0.5) is 8.78 Å². The van der Waals surface area contributed by atoms with Crippen LogP contribution in [0.25, 0.3) is 10.9 Å². The topological polar surface area (TPSA) is 60.7 Å². The van der Waals surface area contributed by atoms with Crippen molar-refractivity contribution >= 4 is 22.6 Å². The van der Waals surface area contributed by atoms with Gasteiger partial charge in [-0.15, -0.1) is 0 Å². The number of ether oxygens (including phenoxy) is 1. The van der Waals surface area contributed by atoms with E-state index in [0.717, 1.165) is 19.2 Å². The average Bonchev–Trinajstić information content (AvgIpc) is 2.82. The molecule has 21 heavy (non-hydrogen) atoms. The average molecular weight is 292 g/mol. The standard InChI is InChI=1S/C14H10F2N2O3/c1-6-3-11-12(14(20)21-2)13(19)7-4-8(15)9(16)5-10(7)18(11)17-6/h4-5H,3H2,1-2H3. The van der Waals surface area contributed by atoms with E-state index in [4.69, 9.17) is 0 Å². The maximum atomic E-state index is 13.4. The zero-order chi connectivity index (χ0) is 15.3. The molecular weight excluding hydrogens is 282 g/mol. The highest BCUT2D eigenvalue weighted by atomic mass is 19.2. The molecule has 0 saturated heterocycles. The highest BCUT2D eigenvalue weighted by molar-refractivity contribution is 5.99. The number of fused-ring (bicyclic) bond motifs is 3. The summed E-state index contributed by atoms with van der Waals surface area (Å²) in [6.07, 6.45) is 0.272. The summed E-state index contributed by atoms with van der Waals surface area (Å²) in [5, 5.41) is 4.05. The minimum atomic E-state index is -1.16. The van der Waals surface area contributed by atoms with E-state index < -0.39 is 23.0 Å². The molecule has 1 aromatic heterocycles. The molecule has 0 radical (unpaired) electrons. The van der Waals surface area contributed by atoms with Gasteiger partial charge in [0.25, 0.3) is 0 Å². The first-order valence-corrected chi connectivity index (χ1v) is 6.13. The third kappa shape index (κ3) is 1.84. The Labute approximate surface area is 117 Å². The molecule has 2 aromatic rings. The lowest BCUT2D eigenvalue weighted by Crippen LogP contribution is -2.23. The smallest absolute Gasteiger partial charge is 0.343 e. The number of hydrogen-bond acceptors (Lipinski definition) is 4. The normalized spacial score (nSPS) is 13.2. The Hall–Kier alpha value is -2.57. The highest BCUT2D eigenvalue weighted by Crippen LogP contribution is 2.24. The molecule has 3 rings (SSSR count). The Morgan fingerprint density at radius 1 is 1.33 bits per heavy atom. The van der Waals surface area contributed by atoms with Crippen LogP contribution in [0.1, 0.15) is 23.0 Å². The minimum absolute atomic E-state index is 0.114. The van der Waals surface area contributed by atoms with E-state index in [0.29, 0.717) is 11.4 Å². The highest BCUT2D eigenvalue weighted by Gasteiger charge is 2.27. The fourth-order valence-electron chi connectivity index (χ4n) is 2.45. The number of nitrogens with zero attached hydrogens (tertiary/aromatic N) is 2. The van der Waals surface area contributed by atoms with Gasteiger partial charge in [0, 0.05) is 18.2 Å². The van der Waals surface area contributed by atoms with Gasteiger partial charge in [-0.05, 0) is 13.0 Å². The molecule has 0 N–H and O–H groups in total. The van der Waals surface area contributed by atoms with Crippen LogP contribution in [0.15, 0.2) is 22.0 Å². The fraction of sp³-hybridized carbons (Fsp3) is 0.214. The van der Waals surface area contributed by atoms with Crippen LogP contribution in [0, 0.1) is 11.6 Å². The summed E-state index contributed by atoms with van der Waals surface area (Å²) >= 11 is 0. The third-order valence-electron chi connectivity index (χ3n) is 3.37. The van der Waals surface area contributed by atoms with E-state index in [9.17, 15) is 18.4 Å². The molecule has 5 nitrogen and oxygen atoms in total. The maximum Gasteiger partial charge on any atom is 0.343 e. The molecule has 0 unspecified atom stereocenters. The van der Waals surface area contributed by atoms with Crippen LogP contribution in [-0.2, 0) is 11.2 Å². The number of hydrogen-bond donors (Lipinski definition) is 0. The van der Waals surface area contributed by atoms with Gasteiger partial charge < -0.3 is 4.74 Å². The molecule has 0 spiro atoms. The molecule has 1 aliphatic rings. The Morgan fingerprint density at radius 2 is 2.00 bits per heavy atom. The first-order valence-electron chi connectivity index (χ1n) is 6.13. The molecule has 0 bridgehead atoms. The summed E-state index contributed by atoms with van der Waals surface area (Å²) in [5.41, 5.74) is 0.210. The Balaban J connectivity index is 2.51. The van der Waals surface area contributed by atoms with E-state index in [2.05, 4.69) is 9.84 Å².